The number of urea groups is 1. The molecule has 150 valence electrons. The molecule has 0 saturated carbocycles. The number of amides is 2. The van der Waals surface area contributed by atoms with Gasteiger partial charge in [0.2, 0.25) is 0 Å². The highest BCUT2D eigenvalue weighted by atomic mass is 16.2. The molecule has 2 heterocycles. The van der Waals surface area contributed by atoms with Crippen LogP contribution in [-0.2, 0) is 13.1 Å². The molecule has 1 aliphatic heterocycles. The highest BCUT2D eigenvalue weighted by molar-refractivity contribution is 5.74. The second kappa shape index (κ2) is 9.69. The molecule has 1 saturated heterocycles. The molecule has 5 heteroatoms. The Balaban J connectivity index is 1.62. The number of nitrogens with one attached hydrogen (secondary N) is 1. The summed E-state index contributed by atoms with van der Waals surface area (Å²) in [5, 5.41) is 3.17. The molecule has 1 atom stereocenters. The number of likely N-dealkylation sites (tertiary alicyclic amines) is 1. The molecule has 0 radical (unpaired) electrons. The van der Waals surface area contributed by atoms with Crippen LogP contribution in [0, 0.1) is 12.8 Å². The molecule has 0 unspecified atom stereocenters. The molecule has 1 aromatic carbocycles. The van der Waals surface area contributed by atoms with E-state index in [9.17, 15) is 4.79 Å². The standard InChI is InChI=1S/C23H32N4O/c1-18(2)26-13-12-21(16-26)14-24-23(28)27(15-20-9-5-4-6-10-20)17-22-11-7-8-19(3)25-22/h4-11,18,21H,12-17H2,1-3H3,(H,24,28)/t21-/m0/s1. The number of rotatable bonds is 7. The van der Waals surface area contributed by atoms with Crippen LogP contribution in [0.2, 0.25) is 0 Å². The number of nitrogens with zero attached hydrogens (tertiary/aromatic N) is 3. The number of carbonyl (C=O) groups excluding carboxylic acids is 1. The molecule has 28 heavy (non-hydrogen) atoms. The van der Waals surface area contributed by atoms with Crippen LogP contribution in [-0.4, -0.2) is 46.5 Å². The molecule has 1 N–H and O–H groups in total. The predicted molar refractivity (Wildman–Crippen MR) is 113 cm³/mol. The SMILES string of the molecule is Cc1cccc(CN(Cc2ccccc2)C(=O)NC[C@@H]2CCN(C(C)C)C2)n1. The fourth-order valence-electron chi connectivity index (χ4n) is 3.73. The van der Waals surface area contributed by atoms with Gasteiger partial charge in [-0.2, -0.15) is 0 Å². The van der Waals surface area contributed by atoms with Gasteiger partial charge in [-0.25, -0.2) is 4.79 Å². The Kier molecular flexibility index (Phi) is 7.04. The molecule has 0 bridgehead atoms. The van der Waals surface area contributed by atoms with Gasteiger partial charge in [0.05, 0.1) is 12.2 Å². The first-order valence-electron chi connectivity index (χ1n) is 10.2. The lowest BCUT2D eigenvalue weighted by Gasteiger charge is -2.24. The number of aryl methyl sites for hydroxylation is 1. The van der Waals surface area contributed by atoms with Crippen molar-refractivity contribution in [1.29, 1.82) is 0 Å². The smallest absolute Gasteiger partial charge is 0.318 e. The number of pyridine rings is 1. The van der Waals surface area contributed by atoms with Crippen LogP contribution in [0.25, 0.3) is 0 Å². The number of hydrogen-bond donors (Lipinski definition) is 1. The minimum atomic E-state index is -0.0184. The largest absolute Gasteiger partial charge is 0.338 e. The first-order valence-corrected chi connectivity index (χ1v) is 10.2. The van der Waals surface area contributed by atoms with Crippen molar-refractivity contribution in [2.75, 3.05) is 19.6 Å². The van der Waals surface area contributed by atoms with E-state index < -0.39 is 0 Å². The maximum Gasteiger partial charge on any atom is 0.318 e. The number of carbonyl (C=O) groups is 1. The van der Waals surface area contributed by atoms with Crippen LogP contribution < -0.4 is 5.32 Å². The lowest BCUT2D eigenvalue weighted by atomic mass is 10.1. The summed E-state index contributed by atoms with van der Waals surface area (Å²) < 4.78 is 0. The summed E-state index contributed by atoms with van der Waals surface area (Å²) in [7, 11) is 0. The van der Waals surface area contributed by atoms with Gasteiger partial charge < -0.3 is 15.1 Å². The van der Waals surface area contributed by atoms with Gasteiger partial charge in [0, 0.05) is 31.4 Å². The van der Waals surface area contributed by atoms with E-state index in [-0.39, 0.29) is 6.03 Å². The van der Waals surface area contributed by atoms with Crippen molar-refractivity contribution in [3.63, 3.8) is 0 Å². The van der Waals surface area contributed by atoms with E-state index in [0.29, 0.717) is 25.0 Å². The van der Waals surface area contributed by atoms with Crippen LogP contribution in [0.15, 0.2) is 48.5 Å². The predicted octanol–water partition coefficient (Wildman–Crippen LogP) is 3.83. The summed E-state index contributed by atoms with van der Waals surface area (Å²) in [5.41, 5.74) is 3.01. The van der Waals surface area contributed by atoms with Gasteiger partial charge in [0.15, 0.2) is 0 Å². The summed E-state index contributed by atoms with van der Waals surface area (Å²) >= 11 is 0. The van der Waals surface area contributed by atoms with Crippen molar-refractivity contribution < 1.29 is 4.79 Å². The third-order valence-corrected chi connectivity index (χ3v) is 5.39. The van der Waals surface area contributed by atoms with E-state index in [0.717, 1.165) is 43.0 Å². The normalized spacial score (nSPS) is 17.1. The molecule has 0 aliphatic carbocycles. The highest BCUT2D eigenvalue weighted by Crippen LogP contribution is 2.18. The molecule has 1 fully saturated rings. The van der Waals surface area contributed by atoms with Gasteiger partial charge in [-0.1, -0.05) is 36.4 Å². The zero-order valence-corrected chi connectivity index (χ0v) is 17.3. The Morgan fingerprint density at radius 2 is 1.96 bits per heavy atom. The third kappa shape index (κ3) is 5.80. The van der Waals surface area contributed by atoms with Crippen molar-refractivity contribution >= 4 is 6.03 Å². The Hall–Kier alpha value is -2.40. The first kappa shape index (κ1) is 20.3. The zero-order valence-electron chi connectivity index (χ0n) is 17.3. The maximum absolute atomic E-state index is 13.0. The fraction of sp³-hybridized carbons (Fsp3) is 0.478. The average molecular weight is 381 g/mol. The monoisotopic (exact) mass is 380 g/mol. The highest BCUT2D eigenvalue weighted by Gasteiger charge is 2.25. The summed E-state index contributed by atoms with van der Waals surface area (Å²) in [4.78, 5) is 21.9. The molecule has 1 aliphatic rings. The quantitative estimate of drug-likeness (QED) is 0.794. The maximum atomic E-state index is 13.0. The van der Waals surface area contributed by atoms with Gasteiger partial charge in [-0.15, -0.1) is 0 Å². The number of aromatic nitrogens is 1. The topological polar surface area (TPSA) is 48.5 Å². The van der Waals surface area contributed by atoms with E-state index in [1.54, 1.807) is 0 Å². The van der Waals surface area contributed by atoms with E-state index in [1.165, 1.54) is 0 Å². The summed E-state index contributed by atoms with van der Waals surface area (Å²) in [6, 6.07) is 16.6. The lowest BCUT2D eigenvalue weighted by molar-refractivity contribution is 0.189. The Labute approximate surface area is 168 Å². The molecule has 1 aromatic heterocycles. The van der Waals surface area contributed by atoms with Gasteiger partial charge in [-0.05, 0) is 57.4 Å². The van der Waals surface area contributed by atoms with Crippen LogP contribution in [0.3, 0.4) is 0 Å². The summed E-state index contributed by atoms with van der Waals surface area (Å²) in [6.45, 7) is 10.4. The third-order valence-electron chi connectivity index (χ3n) is 5.39. The van der Waals surface area contributed by atoms with Crippen molar-refractivity contribution in [2.24, 2.45) is 5.92 Å². The van der Waals surface area contributed by atoms with E-state index in [4.69, 9.17) is 0 Å². The number of benzene rings is 1. The number of hydrogen-bond acceptors (Lipinski definition) is 3. The summed E-state index contributed by atoms with van der Waals surface area (Å²) in [5.74, 6) is 0.530. The average Bonchev–Trinajstić information content (AvgIpc) is 3.16. The molecule has 3 rings (SSSR count). The van der Waals surface area contributed by atoms with Crippen LogP contribution in [0.1, 0.15) is 37.2 Å². The minimum absolute atomic E-state index is 0.0184. The van der Waals surface area contributed by atoms with Crippen molar-refractivity contribution in [1.82, 2.24) is 20.1 Å². The lowest BCUT2D eigenvalue weighted by Crippen LogP contribution is -2.41. The molecular weight excluding hydrogens is 348 g/mol. The van der Waals surface area contributed by atoms with Gasteiger partial charge in [-0.3, -0.25) is 4.98 Å². The van der Waals surface area contributed by atoms with Crippen molar-refractivity contribution in [2.45, 2.75) is 46.3 Å². The zero-order chi connectivity index (χ0) is 19.9. The second-order valence-electron chi connectivity index (χ2n) is 8.04. The van der Waals surface area contributed by atoms with Crippen LogP contribution >= 0.6 is 0 Å². The van der Waals surface area contributed by atoms with Crippen molar-refractivity contribution in [3.8, 4) is 0 Å². The molecule has 2 aromatic rings. The Morgan fingerprint density at radius 3 is 2.64 bits per heavy atom. The van der Waals surface area contributed by atoms with Crippen LogP contribution in [0.4, 0.5) is 4.79 Å². The van der Waals surface area contributed by atoms with E-state index >= 15 is 0 Å². The Bertz CT molecular complexity index is 762. The molecule has 2 amide bonds. The van der Waals surface area contributed by atoms with Gasteiger partial charge in [0.1, 0.15) is 0 Å². The Morgan fingerprint density at radius 1 is 1.18 bits per heavy atom. The van der Waals surface area contributed by atoms with Gasteiger partial charge in [0.25, 0.3) is 0 Å². The van der Waals surface area contributed by atoms with E-state index in [1.807, 2.05) is 48.2 Å². The summed E-state index contributed by atoms with van der Waals surface area (Å²) in [6.07, 6.45) is 1.15. The second-order valence-corrected chi connectivity index (χ2v) is 8.04. The molecular formula is C23H32N4O. The van der Waals surface area contributed by atoms with Gasteiger partial charge >= 0.3 is 6.03 Å². The first-order chi connectivity index (χ1) is 13.5. The van der Waals surface area contributed by atoms with Crippen LogP contribution in [0.5, 0.6) is 0 Å². The minimum Gasteiger partial charge on any atom is -0.338 e. The molecule has 5 nitrogen and oxygen atoms in total. The molecule has 0 spiro atoms. The van der Waals surface area contributed by atoms with Crippen molar-refractivity contribution in [3.05, 3.63) is 65.5 Å². The fourth-order valence-corrected chi connectivity index (χ4v) is 3.73. The van der Waals surface area contributed by atoms with E-state index in [2.05, 4.69) is 41.2 Å².